The second-order valence-electron chi connectivity index (χ2n) is 4.98. The van der Waals surface area contributed by atoms with Crippen LogP contribution in [0.15, 0.2) is 24.3 Å². The van der Waals surface area contributed by atoms with Crippen LogP contribution in [0.4, 0.5) is 0 Å². The molecule has 0 radical (unpaired) electrons. The molecule has 0 aromatic heterocycles. The average Bonchev–Trinajstić information content (AvgIpc) is 2.62. The van der Waals surface area contributed by atoms with Gasteiger partial charge in [0.2, 0.25) is 0 Å². The van der Waals surface area contributed by atoms with Crippen molar-refractivity contribution >= 4 is 0 Å². The van der Waals surface area contributed by atoms with Crippen LogP contribution in [0, 0.1) is 0 Å². The monoisotopic (exact) mass is 249 g/mol. The first kappa shape index (κ1) is 13.4. The summed E-state index contributed by atoms with van der Waals surface area (Å²) < 4.78 is 5.77. The summed E-state index contributed by atoms with van der Waals surface area (Å²) in [7, 11) is 0. The van der Waals surface area contributed by atoms with Crippen molar-refractivity contribution in [1.82, 2.24) is 5.32 Å². The molecule has 100 valence electrons. The van der Waals surface area contributed by atoms with Crippen LogP contribution >= 0.6 is 0 Å². The normalized spacial score (nSPS) is 24.6. The first-order valence-corrected chi connectivity index (χ1v) is 6.92. The van der Waals surface area contributed by atoms with Crippen LogP contribution < -0.4 is 10.1 Å². The van der Waals surface area contributed by atoms with E-state index < -0.39 is 5.60 Å². The third kappa shape index (κ3) is 3.03. The van der Waals surface area contributed by atoms with E-state index in [0.29, 0.717) is 6.61 Å². The molecule has 3 heteroatoms. The maximum absolute atomic E-state index is 10.9. The molecule has 1 heterocycles. The maximum atomic E-state index is 10.9. The lowest BCUT2D eigenvalue weighted by atomic mass is 9.86. The highest BCUT2D eigenvalue weighted by atomic mass is 16.5. The van der Waals surface area contributed by atoms with E-state index >= 15 is 0 Å². The fraction of sp³-hybridized carbons (Fsp3) is 0.600. The molecular weight excluding hydrogens is 226 g/mol. The standard InChI is InChI=1S/C15H23NO2/c1-2-12-18-14-7-4-3-6-13(14)15(17)8-5-10-16-11-9-15/h3-4,6-7,16-17H,2,5,8-12H2,1H3. The summed E-state index contributed by atoms with van der Waals surface area (Å²) in [6.45, 7) is 4.64. The van der Waals surface area contributed by atoms with Gasteiger partial charge in [-0.3, -0.25) is 0 Å². The van der Waals surface area contributed by atoms with Crippen molar-refractivity contribution in [3.63, 3.8) is 0 Å². The highest BCUT2D eigenvalue weighted by Gasteiger charge is 2.32. The first-order valence-electron chi connectivity index (χ1n) is 6.92. The predicted octanol–water partition coefficient (Wildman–Crippen LogP) is 2.44. The third-order valence-electron chi connectivity index (χ3n) is 3.51. The highest BCUT2D eigenvalue weighted by molar-refractivity contribution is 5.38. The van der Waals surface area contributed by atoms with Crippen molar-refractivity contribution in [2.75, 3.05) is 19.7 Å². The Balaban J connectivity index is 2.24. The van der Waals surface area contributed by atoms with Gasteiger partial charge in [-0.25, -0.2) is 0 Å². The van der Waals surface area contributed by atoms with Crippen molar-refractivity contribution in [2.45, 2.75) is 38.2 Å². The molecule has 1 aromatic carbocycles. The number of ether oxygens (including phenoxy) is 1. The quantitative estimate of drug-likeness (QED) is 0.861. The Morgan fingerprint density at radius 3 is 2.94 bits per heavy atom. The van der Waals surface area contributed by atoms with Gasteiger partial charge in [0, 0.05) is 5.56 Å². The van der Waals surface area contributed by atoms with Crippen LogP contribution in [0.2, 0.25) is 0 Å². The predicted molar refractivity (Wildman–Crippen MR) is 72.8 cm³/mol. The largest absolute Gasteiger partial charge is 0.493 e. The molecule has 3 nitrogen and oxygen atoms in total. The third-order valence-corrected chi connectivity index (χ3v) is 3.51. The van der Waals surface area contributed by atoms with E-state index in [2.05, 4.69) is 12.2 Å². The molecule has 2 N–H and O–H groups in total. The molecular formula is C15H23NO2. The number of rotatable bonds is 4. The first-order chi connectivity index (χ1) is 8.76. The number of aliphatic hydroxyl groups is 1. The highest BCUT2D eigenvalue weighted by Crippen LogP contribution is 2.36. The Labute approximate surface area is 109 Å². The van der Waals surface area contributed by atoms with Crippen LogP contribution in [0.5, 0.6) is 5.75 Å². The van der Waals surface area contributed by atoms with E-state index in [4.69, 9.17) is 4.74 Å². The molecule has 1 aliphatic rings. The summed E-state index contributed by atoms with van der Waals surface area (Å²) >= 11 is 0. The van der Waals surface area contributed by atoms with Crippen LogP contribution in [0.25, 0.3) is 0 Å². The molecule has 0 amide bonds. The van der Waals surface area contributed by atoms with Gasteiger partial charge >= 0.3 is 0 Å². The van der Waals surface area contributed by atoms with Crippen LogP contribution in [0.3, 0.4) is 0 Å². The lowest BCUT2D eigenvalue weighted by molar-refractivity contribution is 0.0212. The van der Waals surface area contributed by atoms with E-state index in [-0.39, 0.29) is 0 Å². The lowest BCUT2D eigenvalue weighted by Crippen LogP contribution is -2.27. The van der Waals surface area contributed by atoms with Crippen molar-refractivity contribution in [3.8, 4) is 5.75 Å². The lowest BCUT2D eigenvalue weighted by Gasteiger charge is -2.28. The Hall–Kier alpha value is -1.06. The Bertz CT molecular complexity index is 371. The van der Waals surface area contributed by atoms with Gasteiger partial charge in [0.05, 0.1) is 12.2 Å². The fourth-order valence-electron chi connectivity index (χ4n) is 2.51. The molecule has 2 rings (SSSR count). The summed E-state index contributed by atoms with van der Waals surface area (Å²) in [6.07, 6.45) is 3.53. The smallest absolute Gasteiger partial charge is 0.125 e. The van der Waals surface area contributed by atoms with Gasteiger partial charge < -0.3 is 15.2 Å². The molecule has 18 heavy (non-hydrogen) atoms. The molecule has 1 aliphatic heterocycles. The van der Waals surface area contributed by atoms with Gasteiger partial charge in [0.15, 0.2) is 0 Å². The molecule has 1 atom stereocenters. The van der Waals surface area contributed by atoms with Crippen LogP contribution in [0.1, 0.15) is 38.2 Å². The zero-order valence-corrected chi connectivity index (χ0v) is 11.1. The minimum absolute atomic E-state index is 0.700. The zero-order valence-electron chi connectivity index (χ0n) is 11.1. The van der Waals surface area contributed by atoms with Gasteiger partial charge in [-0.2, -0.15) is 0 Å². The fourth-order valence-corrected chi connectivity index (χ4v) is 2.51. The van der Waals surface area contributed by atoms with E-state index in [1.165, 1.54) is 0 Å². The van der Waals surface area contributed by atoms with Crippen molar-refractivity contribution < 1.29 is 9.84 Å². The molecule has 0 aliphatic carbocycles. The van der Waals surface area contributed by atoms with Crippen LogP contribution in [-0.2, 0) is 5.60 Å². The molecule has 1 fully saturated rings. The second kappa shape index (κ2) is 6.21. The molecule has 1 aromatic rings. The van der Waals surface area contributed by atoms with Crippen molar-refractivity contribution in [1.29, 1.82) is 0 Å². The van der Waals surface area contributed by atoms with E-state index in [1.54, 1.807) is 0 Å². The Kier molecular flexibility index (Phi) is 4.61. The van der Waals surface area contributed by atoms with Gasteiger partial charge in [-0.05, 0) is 44.8 Å². The Morgan fingerprint density at radius 2 is 2.11 bits per heavy atom. The summed E-state index contributed by atoms with van der Waals surface area (Å²) in [4.78, 5) is 0. The summed E-state index contributed by atoms with van der Waals surface area (Å²) in [5, 5.41) is 14.2. The van der Waals surface area contributed by atoms with Crippen LogP contribution in [-0.4, -0.2) is 24.8 Å². The topological polar surface area (TPSA) is 41.5 Å². The van der Waals surface area contributed by atoms with Gasteiger partial charge in [-0.15, -0.1) is 0 Å². The maximum Gasteiger partial charge on any atom is 0.125 e. The minimum Gasteiger partial charge on any atom is -0.493 e. The zero-order chi connectivity index (χ0) is 12.8. The van der Waals surface area contributed by atoms with E-state index in [0.717, 1.165) is 50.1 Å². The number of hydrogen-bond donors (Lipinski definition) is 2. The molecule has 0 saturated carbocycles. The average molecular weight is 249 g/mol. The molecule has 1 saturated heterocycles. The van der Waals surface area contributed by atoms with Gasteiger partial charge in [-0.1, -0.05) is 25.1 Å². The van der Waals surface area contributed by atoms with Crippen molar-refractivity contribution in [2.24, 2.45) is 0 Å². The number of para-hydroxylation sites is 1. The number of benzene rings is 1. The van der Waals surface area contributed by atoms with Crippen molar-refractivity contribution in [3.05, 3.63) is 29.8 Å². The van der Waals surface area contributed by atoms with Gasteiger partial charge in [0.1, 0.15) is 5.75 Å². The minimum atomic E-state index is -0.742. The molecule has 0 bridgehead atoms. The van der Waals surface area contributed by atoms with E-state index in [9.17, 15) is 5.11 Å². The number of hydrogen-bond acceptors (Lipinski definition) is 3. The SMILES string of the molecule is CCCOc1ccccc1C1(O)CCCNCC1. The molecule has 1 unspecified atom stereocenters. The second-order valence-corrected chi connectivity index (χ2v) is 4.98. The molecule has 0 spiro atoms. The Morgan fingerprint density at radius 1 is 1.28 bits per heavy atom. The number of nitrogens with one attached hydrogen (secondary N) is 1. The summed E-state index contributed by atoms with van der Waals surface area (Å²) in [5.41, 5.74) is 0.204. The van der Waals surface area contributed by atoms with Gasteiger partial charge in [0.25, 0.3) is 0 Å². The van der Waals surface area contributed by atoms with E-state index in [1.807, 2.05) is 24.3 Å². The summed E-state index contributed by atoms with van der Waals surface area (Å²) in [5.74, 6) is 0.837. The summed E-state index contributed by atoms with van der Waals surface area (Å²) in [6, 6.07) is 7.90.